The number of hydrogen-bond donors (Lipinski definition) is 1. The Kier molecular flexibility index (Phi) is 4.71. The summed E-state index contributed by atoms with van der Waals surface area (Å²) in [6, 6.07) is 15.4. The van der Waals surface area contributed by atoms with Crippen LogP contribution in [0.1, 0.15) is 21.6 Å². The average molecular weight is 382 g/mol. The van der Waals surface area contributed by atoms with E-state index in [0.717, 1.165) is 15.7 Å². The summed E-state index contributed by atoms with van der Waals surface area (Å²) in [5, 5.41) is 2.85. The van der Waals surface area contributed by atoms with Gasteiger partial charge in [0.1, 0.15) is 0 Å². The summed E-state index contributed by atoms with van der Waals surface area (Å²) in [6.45, 7) is 3.85. The maximum atomic E-state index is 12.4. The number of nitrogens with one attached hydrogen (secondary N) is 1. The highest BCUT2D eigenvalue weighted by Crippen LogP contribution is 2.19. The number of halogens is 1. The first-order valence-electron chi connectivity index (χ1n) is 7.50. The van der Waals surface area contributed by atoms with Gasteiger partial charge < -0.3 is 5.32 Å². The maximum Gasteiger partial charge on any atom is 0.259 e. The first-order valence-corrected chi connectivity index (χ1v) is 8.30. The van der Waals surface area contributed by atoms with Crippen LogP contribution in [0.3, 0.4) is 0 Å². The summed E-state index contributed by atoms with van der Waals surface area (Å²) in [7, 11) is 0. The van der Waals surface area contributed by atoms with Crippen molar-refractivity contribution in [1.29, 1.82) is 0 Å². The predicted molar refractivity (Wildman–Crippen MR) is 99.0 cm³/mol. The molecule has 1 amide bonds. The van der Waals surface area contributed by atoms with Gasteiger partial charge in [-0.25, -0.2) is 9.97 Å². The minimum Gasteiger partial charge on any atom is -0.322 e. The molecule has 0 saturated carbocycles. The van der Waals surface area contributed by atoms with Gasteiger partial charge in [0, 0.05) is 21.9 Å². The highest BCUT2D eigenvalue weighted by molar-refractivity contribution is 9.10. The molecule has 1 heterocycles. The first-order chi connectivity index (χ1) is 11.5. The van der Waals surface area contributed by atoms with E-state index in [2.05, 4.69) is 31.2 Å². The molecular formula is C19H16BrN3O. The van der Waals surface area contributed by atoms with Crippen LogP contribution in [0.5, 0.6) is 0 Å². The zero-order valence-electron chi connectivity index (χ0n) is 13.4. The summed E-state index contributed by atoms with van der Waals surface area (Å²) in [4.78, 5) is 21.2. The van der Waals surface area contributed by atoms with E-state index in [9.17, 15) is 4.79 Å². The molecule has 0 aliphatic rings. The van der Waals surface area contributed by atoms with E-state index in [1.165, 1.54) is 5.56 Å². The molecular weight excluding hydrogens is 366 g/mol. The van der Waals surface area contributed by atoms with E-state index in [-0.39, 0.29) is 5.91 Å². The Balaban J connectivity index is 1.82. The Morgan fingerprint density at radius 2 is 1.67 bits per heavy atom. The fourth-order valence-electron chi connectivity index (χ4n) is 2.26. The lowest BCUT2D eigenvalue weighted by atomic mass is 10.1. The lowest BCUT2D eigenvalue weighted by molar-refractivity contribution is 0.102. The van der Waals surface area contributed by atoms with Gasteiger partial charge in [-0.05, 0) is 38.1 Å². The number of hydrogen-bond acceptors (Lipinski definition) is 3. The molecule has 0 atom stereocenters. The van der Waals surface area contributed by atoms with Crippen molar-refractivity contribution in [2.24, 2.45) is 0 Å². The summed E-state index contributed by atoms with van der Waals surface area (Å²) in [5.41, 5.74) is 3.96. The molecule has 4 nitrogen and oxygen atoms in total. The molecule has 3 aromatic rings. The third-order valence-corrected chi connectivity index (χ3v) is 4.16. The molecule has 3 rings (SSSR count). The molecule has 24 heavy (non-hydrogen) atoms. The van der Waals surface area contributed by atoms with Crippen molar-refractivity contribution >= 4 is 27.5 Å². The van der Waals surface area contributed by atoms with Crippen molar-refractivity contribution in [1.82, 2.24) is 9.97 Å². The highest BCUT2D eigenvalue weighted by Gasteiger charge is 2.13. The van der Waals surface area contributed by atoms with Gasteiger partial charge in [0.05, 0.1) is 11.3 Å². The predicted octanol–water partition coefficient (Wildman–Crippen LogP) is 4.78. The molecule has 0 radical (unpaired) electrons. The van der Waals surface area contributed by atoms with Gasteiger partial charge in [-0.2, -0.15) is 0 Å². The van der Waals surface area contributed by atoms with Crippen LogP contribution in [0.15, 0.2) is 59.2 Å². The monoisotopic (exact) mass is 381 g/mol. The first kappa shape index (κ1) is 16.3. The quantitative estimate of drug-likeness (QED) is 0.710. The van der Waals surface area contributed by atoms with E-state index in [4.69, 9.17) is 0 Å². The van der Waals surface area contributed by atoms with Crippen LogP contribution in [0.25, 0.3) is 11.4 Å². The highest BCUT2D eigenvalue weighted by atomic mass is 79.9. The lowest BCUT2D eigenvalue weighted by Gasteiger charge is -2.08. The van der Waals surface area contributed by atoms with E-state index in [1.54, 1.807) is 6.20 Å². The van der Waals surface area contributed by atoms with Gasteiger partial charge in [-0.3, -0.25) is 4.79 Å². The van der Waals surface area contributed by atoms with Gasteiger partial charge in [-0.15, -0.1) is 0 Å². The second kappa shape index (κ2) is 6.93. The van der Waals surface area contributed by atoms with Crippen molar-refractivity contribution in [3.05, 3.63) is 76.0 Å². The zero-order chi connectivity index (χ0) is 17.1. The average Bonchev–Trinajstić information content (AvgIpc) is 2.57. The third-order valence-electron chi connectivity index (χ3n) is 3.64. The van der Waals surface area contributed by atoms with Crippen LogP contribution < -0.4 is 5.32 Å². The number of nitrogens with zero attached hydrogens (tertiary/aromatic N) is 2. The number of aryl methyl sites for hydroxylation is 2. The molecule has 0 aliphatic carbocycles. The zero-order valence-corrected chi connectivity index (χ0v) is 15.0. The lowest BCUT2D eigenvalue weighted by Crippen LogP contribution is -2.15. The van der Waals surface area contributed by atoms with Crippen molar-refractivity contribution < 1.29 is 4.79 Å². The van der Waals surface area contributed by atoms with E-state index < -0.39 is 0 Å². The van der Waals surface area contributed by atoms with E-state index in [0.29, 0.717) is 17.1 Å². The Morgan fingerprint density at radius 1 is 1.00 bits per heavy atom. The largest absolute Gasteiger partial charge is 0.322 e. The van der Waals surface area contributed by atoms with Crippen molar-refractivity contribution in [3.8, 4) is 11.4 Å². The van der Waals surface area contributed by atoms with Crippen LogP contribution in [-0.4, -0.2) is 15.9 Å². The normalized spacial score (nSPS) is 10.5. The summed E-state index contributed by atoms with van der Waals surface area (Å²) >= 11 is 3.37. The molecule has 0 fully saturated rings. The Labute approximate surface area is 149 Å². The number of carbonyl (C=O) groups excluding carboxylic acids is 1. The van der Waals surface area contributed by atoms with Gasteiger partial charge >= 0.3 is 0 Å². The Hall–Kier alpha value is -2.53. The molecule has 0 bridgehead atoms. The number of anilines is 1. The molecule has 1 N–H and O–H groups in total. The van der Waals surface area contributed by atoms with Gasteiger partial charge in [0.2, 0.25) is 0 Å². The third kappa shape index (κ3) is 3.68. The molecule has 0 saturated heterocycles. The van der Waals surface area contributed by atoms with E-state index >= 15 is 0 Å². The van der Waals surface area contributed by atoms with Gasteiger partial charge in [0.15, 0.2) is 5.82 Å². The molecule has 0 unspecified atom stereocenters. The molecule has 2 aromatic carbocycles. The van der Waals surface area contributed by atoms with Gasteiger partial charge in [0.25, 0.3) is 5.91 Å². The number of aromatic nitrogens is 2. The summed E-state index contributed by atoms with van der Waals surface area (Å²) < 4.78 is 0.961. The second-order valence-corrected chi connectivity index (χ2v) is 6.44. The minimum atomic E-state index is -0.217. The molecule has 0 spiro atoms. The minimum absolute atomic E-state index is 0.217. The van der Waals surface area contributed by atoms with Crippen LogP contribution in [-0.2, 0) is 0 Å². The number of benzene rings is 2. The fourth-order valence-corrected chi connectivity index (χ4v) is 2.53. The van der Waals surface area contributed by atoms with Crippen molar-refractivity contribution in [2.45, 2.75) is 13.8 Å². The van der Waals surface area contributed by atoms with Crippen LogP contribution in [0.2, 0.25) is 0 Å². The standard InChI is InChI=1S/C19H16BrN3O/c1-12-3-5-14(6-4-12)18-21-11-17(13(2)22-18)19(24)23-16-9-7-15(20)8-10-16/h3-11H,1-2H3,(H,23,24). The van der Waals surface area contributed by atoms with Crippen LogP contribution in [0, 0.1) is 13.8 Å². The van der Waals surface area contributed by atoms with Crippen molar-refractivity contribution in [2.75, 3.05) is 5.32 Å². The molecule has 1 aromatic heterocycles. The second-order valence-electron chi connectivity index (χ2n) is 5.52. The Bertz CT molecular complexity index is 874. The number of rotatable bonds is 3. The van der Waals surface area contributed by atoms with Gasteiger partial charge in [-0.1, -0.05) is 45.8 Å². The van der Waals surface area contributed by atoms with E-state index in [1.807, 2.05) is 62.4 Å². The molecule has 5 heteroatoms. The maximum absolute atomic E-state index is 12.4. The molecule has 120 valence electrons. The topological polar surface area (TPSA) is 54.9 Å². The van der Waals surface area contributed by atoms with Crippen molar-refractivity contribution in [3.63, 3.8) is 0 Å². The van der Waals surface area contributed by atoms with Crippen LogP contribution in [0.4, 0.5) is 5.69 Å². The number of amides is 1. The molecule has 0 aliphatic heterocycles. The summed E-state index contributed by atoms with van der Waals surface area (Å²) in [5.74, 6) is 0.401. The number of carbonyl (C=O) groups is 1. The van der Waals surface area contributed by atoms with Crippen LogP contribution >= 0.6 is 15.9 Å². The Morgan fingerprint density at radius 3 is 2.29 bits per heavy atom. The summed E-state index contributed by atoms with van der Waals surface area (Å²) in [6.07, 6.45) is 1.58. The fraction of sp³-hybridized carbons (Fsp3) is 0.105. The SMILES string of the molecule is Cc1ccc(-c2ncc(C(=O)Nc3ccc(Br)cc3)c(C)n2)cc1. The smallest absolute Gasteiger partial charge is 0.259 e.